The second kappa shape index (κ2) is 9.52. The zero-order chi connectivity index (χ0) is 22.6. The largest absolute Gasteiger partial charge is 0.489 e. The third-order valence-corrected chi connectivity index (χ3v) is 5.56. The maximum atomic E-state index is 12.4. The molecule has 32 heavy (non-hydrogen) atoms. The van der Waals surface area contributed by atoms with Crippen LogP contribution in [-0.4, -0.2) is 27.7 Å². The molecule has 0 atom stereocenters. The van der Waals surface area contributed by atoms with E-state index in [1.807, 2.05) is 48.5 Å². The highest BCUT2D eigenvalue weighted by Crippen LogP contribution is 2.29. The molecule has 2 heterocycles. The van der Waals surface area contributed by atoms with Crippen LogP contribution in [0.5, 0.6) is 11.5 Å². The van der Waals surface area contributed by atoms with Crippen molar-refractivity contribution in [2.75, 3.05) is 6.61 Å². The summed E-state index contributed by atoms with van der Waals surface area (Å²) >= 11 is 1.41. The summed E-state index contributed by atoms with van der Waals surface area (Å²) in [5.41, 5.74) is 3.94. The van der Waals surface area contributed by atoms with Gasteiger partial charge >= 0.3 is 6.18 Å². The summed E-state index contributed by atoms with van der Waals surface area (Å²) in [6.45, 7) is 0.839. The number of aromatic nitrogens is 3. The molecule has 0 unspecified atom stereocenters. The summed E-state index contributed by atoms with van der Waals surface area (Å²) < 4.78 is 48.1. The second-order valence-electron chi connectivity index (χ2n) is 7.07. The van der Waals surface area contributed by atoms with Gasteiger partial charge in [-0.25, -0.2) is 4.98 Å². The number of nitrogens with one attached hydrogen (secondary N) is 1. The van der Waals surface area contributed by atoms with Crippen LogP contribution in [0.15, 0.2) is 66.0 Å². The van der Waals surface area contributed by atoms with Gasteiger partial charge in [0.25, 0.3) is 0 Å². The van der Waals surface area contributed by atoms with Gasteiger partial charge in [-0.3, -0.25) is 4.98 Å². The smallest absolute Gasteiger partial charge is 0.422 e. The Hall–Kier alpha value is -3.20. The van der Waals surface area contributed by atoms with E-state index in [0.717, 1.165) is 22.3 Å². The lowest BCUT2D eigenvalue weighted by molar-refractivity contribution is -0.153. The lowest BCUT2D eigenvalue weighted by atomic mass is 10.2. The highest BCUT2D eigenvalue weighted by atomic mass is 32.2. The van der Waals surface area contributed by atoms with Crippen LogP contribution in [0.25, 0.3) is 11.0 Å². The Bertz CT molecular complexity index is 1200. The summed E-state index contributed by atoms with van der Waals surface area (Å²) in [7, 11) is 0. The molecular weight excluding hydrogens is 439 g/mol. The minimum atomic E-state index is -4.39. The van der Waals surface area contributed by atoms with Crippen LogP contribution in [0.2, 0.25) is 0 Å². The van der Waals surface area contributed by atoms with Crippen LogP contribution < -0.4 is 9.47 Å². The van der Waals surface area contributed by atoms with E-state index in [1.165, 1.54) is 24.0 Å². The van der Waals surface area contributed by atoms with E-state index in [9.17, 15) is 13.2 Å². The Labute approximate surface area is 187 Å². The third-order valence-electron chi connectivity index (χ3n) is 4.68. The number of ether oxygens (including phenoxy) is 2. The number of pyridine rings is 1. The molecule has 0 spiro atoms. The molecule has 2 aromatic heterocycles. The van der Waals surface area contributed by atoms with Crippen molar-refractivity contribution in [3.05, 3.63) is 77.6 Å². The Morgan fingerprint density at radius 1 is 1.03 bits per heavy atom. The number of benzene rings is 2. The summed E-state index contributed by atoms with van der Waals surface area (Å²) in [5.74, 6) is 1.35. The maximum Gasteiger partial charge on any atom is 0.422 e. The standard InChI is InChI=1S/C23H20F3N3O2S/c1-15-20(27-10-9-21(15)31-14-23(24,25)26)13-32-22-28-18-8-7-17(11-19(18)29-22)30-12-16-5-3-2-4-6-16/h2-11H,12-14H2,1H3,(H,28,29). The topological polar surface area (TPSA) is 60.0 Å². The van der Waals surface area contributed by atoms with Gasteiger partial charge in [0.15, 0.2) is 11.8 Å². The molecule has 0 aliphatic rings. The summed E-state index contributed by atoms with van der Waals surface area (Å²) in [6, 6.07) is 17.0. The van der Waals surface area contributed by atoms with Gasteiger partial charge in [-0.2, -0.15) is 13.2 Å². The molecule has 0 saturated heterocycles. The number of imidazole rings is 1. The predicted octanol–water partition coefficient (Wildman–Crippen LogP) is 6.08. The monoisotopic (exact) mass is 459 g/mol. The molecular formula is C23H20F3N3O2S. The van der Waals surface area contributed by atoms with Crippen molar-refractivity contribution in [1.29, 1.82) is 0 Å². The average molecular weight is 459 g/mol. The maximum absolute atomic E-state index is 12.4. The van der Waals surface area contributed by atoms with E-state index in [1.54, 1.807) is 6.92 Å². The molecule has 166 valence electrons. The molecule has 0 radical (unpaired) electrons. The molecule has 1 N–H and O–H groups in total. The van der Waals surface area contributed by atoms with Crippen LogP contribution in [0.3, 0.4) is 0 Å². The number of halogens is 3. The van der Waals surface area contributed by atoms with E-state index < -0.39 is 12.8 Å². The molecule has 0 amide bonds. The zero-order valence-corrected chi connectivity index (χ0v) is 18.0. The van der Waals surface area contributed by atoms with Crippen molar-refractivity contribution in [3.63, 3.8) is 0 Å². The normalized spacial score (nSPS) is 11.6. The first-order valence-corrected chi connectivity index (χ1v) is 10.8. The quantitative estimate of drug-likeness (QED) is 0.324. The number of rotatable bonds is 8. The molecule has 0 bridgehead atoms. The molecule has 4 aromatic rings. The molecule has 2 aromatic carbocycles. The van der Waals surface area contributed by atoms with E-state index in [4.69, 9.17) is 9.47 Å². The third kappa shape index (κ3) is 5.73. The summed E-state index contributed by atoms with van der Waals surface area (Å²) in [6.07, 6.45) is -2.94. The number of nitrogens with zero attached hydrogens (tertiary/aromatic N) is 2. The molecule has 4 rings (SSSR count). The molecule has 0 aliphatic heterocycles. The highest BCUT2D eigenvalue weighted by Gasteiger charge is 2.28. The Balaban J connectivity index is 1.40. The fraction of sp³-hybridized carbons (Fsp3) is 0.217. The Morgan fingerprint density at radius 3 is 2.62 bits per heavy atom. The van der Waals surface area contributed by atoms with Crippen LogP contribution in [0.1, 0.15) is 16.8 Å². The van der Waals surface area contributed by atoms with Crippen molar-refractivity contribution < 1.29 is 22.6 Å². The molecule has 0 saturated carbocycles. The van der Waals surface area contributed by atoms with Crippen molar-refractivity contribution >= 4 is 22.8 Å². The van der Waals surface area contributed by atoms with Crippen molar-refractivity contribution in [3.8, 4) is 11.5 Å². The first kappa shape index (κ1) is 22.0. The molecule has 0 fully saturated rings. The Kier molecular flexibility index (Phi) is 6.55. The fourth-order valence-electron chi connectivity index (χ4n) is 3.02. The lowest BCUT2D eigenvalue weighted by Gasteiger charge is -2.13. The minimum Gasteiger partial charge on any atom is -0.489 e. The van der Waals surface area contributed by atoms with Gasteiger partial charge in [0.1, 0.15) is 18.1 Å². The van der Waals surface area contributed by atoms with E-state index in [2.05, 4.69) is 15.0 Å². The van der Waals surface area contributed by atoms with Crippen molar-refractivity contribution in [2.45, 2.75) is 30.6 Å². The fourth-order valence-corrected chi connectivity index (χ4v) is 3.93. The second-order valence-corrected chi connectivity index (χ2v) is 8.03. The highest BCUT2D eigenvalue weighted by molar-refractivity contribution is 7.98. The average Bonchev–Trinajstić information content (AvgIpc) is 3.18. The van der Waals surface area contributed by atoms with Gasteiger partial charge in [0.05, 0.1) is 16.7 Å². The van der Waals surface area contributed by atoms with E-state index in [-0.39, 0.29) is 5.75 Å². The minimum absolute atomic E-state index is 0.178. The van der Waals surface area contributed by atoms with E-state index in [0.29, 0.717) is 28.8 Å². The van der Waals surface area contributed by atoms with Crippen molar-refractivity contribution in [1.82, 2.24) is 15.0 Å². The number of alkyl halides is 3. The van der Waals surface area contributed by atoms with E-state index >= 15 is 0 Å². The van der Waals surface area contributed by atoms with Gasteiger partial charge in [0, 0.05) is 23.6 Å². The molecule has 0 aliphatic carbocycles. The number of hydrogen-bond donors (Lipinski definition) is 1. The first-order valence-electron chi connectivity index (χ1n) is 9.81. The van der Waals surface area contributed by atoms with Gasteiger partial charge in [-0.1, -0.05) is 42.1 Å². The molecule has 9 heteroatoms. The van der Waals surface area contributed by atoms with Crippen LogP contribution in [-0.2, 0) is 12.4 Å². The van der Waals surface area contributed by atoms with Crippen molar-refractivity contribution in [2.24, 2.45) is 0 Å². The van der Waals surface area contributed by atoms with Crippen LogP contribution >= 0.6 is 11.8 Å². The predicted molar refractivity (Wildman–Crippen MR) is 117 cm³/mol. The number of hydrogen-bond acceptors (Lipinski definition) is 5. The summed E-state index contributed by atoms with van der Waals surface area (Å²) in [4.78, 5) is 12.1. The van der Waals surface area contributed by atoms with Crippen LogP contribution in [0.4, 0.5) is 13.2 Å². The van der Waals surface area contributed by atoms with Crippen LogP contribution in [0, 0.1) is 6.92 Å². The number of H-pyrrole nitrogens is 1. The lowest BCUT2D eigenvalue weighted by Crippen LogP contribution is -2.19. The van der Waals surface area contributed by atoms with Gasteiger partial charge < -0.3 is 14.5 Å². The summed E-state index contributed by atoms with van der Waals surface area (Å²) in [5, 5.41) is 0.683. The SMILES string of the molecule is Cc1c(OCC(F)(F)F)ccnc1CSc1nc2ccc(OCc3ccccc3)cc2[nH]1. The van der Waals surface area contributed by atoms with Gasteiger partial charge in [-0.15, -0.1) is 0 Å². The number of aromatic amines is 1. The number of fused-ring (bicyclic) bond motifs is 1. The zero-order valence-electron chi connectivity index (χ0n) is 17.1. The van der Waals surface area contributed by atoms with Gasteiger partial charge in [-0.05, 0) is 30.7 Å². The van der Waals surface area contributed by atoms with Gasteiger partial charge in [0.2, 0.25) is 0 Å². The first-order chi connectivity index (χ1) is 15.4. The number of thioether (sulfide) groups is 1. The molecule has 5 nitrogen and oxygen atoms in total. The Morgan fingerprint density at radius 2 is 1.84 bits per heavy atom.